The van der Waals surface area contributed by atoms with Gasteiger partial charge in [-0.3, -0.25) is 4.79 Å². The van der Waals surface area contributed by atoms with Crippen molar-refractivity contribution in [1.29, 1.82) is 0 Å². The summed E-state index contributed by atoms with van der Waals surface area (Å²) in [6, 6.07) is 1.86. The first kappa shape index (κ1) is 12.2. The molecule has 3 nitrogen and oxygen atoms in total. The summed E-state index contributed by atoms with van der Waals surface area (Å²) in [7, 11) is 0. The van der Waals surface area contributed by atoms with Crippen LogP contribution in [0.4, 0.5) is 0 Å². The van der Waals surface area contributed by atoms with Crippen LogP contribution >= 0.6 is 34.5 Å². The van der Waals surface area contributed by atoms with E-state index in [0.29, 0.717) is 14.2 Å². The Hall–Kier alpha value is -0.290. The van der Waals surface area contributed by atoms with Gasteiger partial charge in [0.25, 0.3) is 5.91 Å². The number of halogens is 2. The second-order valence-corrected chi connectivity index (χ2v) is 6.02. The molecular weight excluding hydrogens is 267 g/mol. The quantitative estimate of drug-likeness (QED) is 0.873. The van der Waals surface area contributed by atoms with Crippen LogP contribution in [0, 0.1) is 0 Å². The number of thiophene rings is 1. The summed E-state index contributed by atoms with van der Waals surface area (Å²) in [5, 5.41) is 6.22. The zero-order valence-electron chi connectivity index (χ0n) is 8.56. The van der Waals surface area contributed by atoms with Crippen molar-refractivity contribution in [2.24, 2.45) is 0 Å². The minimum atomic E-state index is -0.125. The van der Waals surface area contributed by atoms with Gasteiger partial charge in [0.2, 0.25) is 0 Å². The Bertz CT molecular complexity index is 388. The molecular formula is C10H12Cl2N2OS. The van der Waals surface area contributed by atoms with Gasteiger partial charge in [-0.2, -0.15) is 0 Å². The van der Waals surface area contributed by atoms with Crippen LogP contribution in [0.15, 0.2) is 6.07 Å². The third kappa shape index (κ3) is 2.88. The average Bonchev–Trinajstić information content (AvgIpc) is 2.59. The van der Waals surface area contributed by atoms with Gasteiger partial charge >= 0.3 is 0 Å². The molecule has 1 aromatic heterocycles. The number of amides is 1. The highest BCUT2D eigenvalue weighted by molar-refractivity contribution is 7.20. The van der Waals surface area contributed by atoms with Gasteiger partial charge in [0.15, 0.2) is 0 Å². The largest absolute Gasteiger partial charge is 0.349 e. The van der Waals surface area contributed by atoms with Crippen molar-refractivity contribution >= 4 is 40.4 Å². The number of hydrogen-bond acceptors (Lipinski definition) is 3. The number of piperidine rings is 1. The zero-order chi connectivity index (χ0) is 11.5. The van der Waals surface area contributed by atoms with Crippen LogP contribution in [-0.2, 0) is 0 Å². The summed E-state index contributed by atoms with van der Waals surface area (Å²) >= 11 is 12.9. The molecule has 1 saturated heterocycles. The lowest BCUT2D eigenvalue weighted by Crippen LogP contribution is -2.42. The molecule has 0 spiro atoms. The molecule has 2 N–H and O–H groups in total. The van der Waals surface area contributed by atoms with Crippen LogP contribution in [0.25, 0.3) is 0 Å². The average molecular weight is 279 g/mol. The fourth-order valence-electron chi connectivity index (χ4n) is 1.72. The van der Waals surface area contributed by atoms with E-state index < -0.39 is 0 Å². The van der Waals surface area contributed by atoms with E-state index in [9.17, 15) is 4.79 Å². The third-order valence-electron chi connectivity index (χ3n) is 2.58. The Kier molecular flexibility index (Phi) is 4.08. The van der Waals surface area contributed by atoms with E-state index in [2.05, 4.69) is 10.6 Å². The van der Waals surface area contributed by atoms with E-state index in [1.54, 1.807) is 6.07 Å². The second kappa shape index (κ2) is 5.36. The van der Waals surface area contributed by atoms with E-state index in [1.165, 1.54) is 11.3 Å². The van der Waals surface area contributed by atoms with Crippen LogP contribution in [-0.4, -0.2) is 25.0 Å². The third-order valence-corrected chi connectivity index (χ3v) is 4.06. The zero-order valence-corrected chi connectivity index (χ0v) is 10.9. The smallest absolute Gasteiger partial charge is 0.253 e. The molecule has 0 bridgehead atoms. The van der Waals surface area contributed by atoms with Crippen LogP contribution in [0.5, 0.6) is 0 Å². The Labute approximate surface area is 108 Å². The molecule has 2 rings (SSSR count). The monoisotopic (exact) mass is 278 g/mol. The standard InChI is InChI=1S/C10H12Cl2N2OS/c11-8-5-7(9(12)16-8)10(15)14-6-1-3-13-4-2-6/h5-6,13H,1-4H2,(H,14,15). The molecule has 1 aliphatic heterocycles. The minimum absolute atomic E-state index is 0.125. The maximum absolute atomic E-state index is 11.9. The Morgan fingerprint density at radius 1 is 1.44 bits per heavy atom. The van der Waals surface area contributed by atoms with Gasteiger partial charge in [-0.25, -0.2) is 0 Å². The molecule has 0 unspecified atom stereocenters. The first-order valence-electron chi connectivity index (χ1n) is 5.13. The van der Waals surface area contributed by atoms with Gasteiger partial charge in [-0.1, -0.05) is 23.2 Å². The van der Waals surface area contributed by atoms with E-state index in [1.807, 2.05) is 0 Å². The SMILES string of the molecule is O=C(NC1CCNCC1)c1cc(Cl)sc1Cl. The lowest BCUT2D eigenvalue weighted by Gasteiger charge is -2.23. The fraction of sp³-hybridized carbons (Fsp3) is 0.500. The molecule has 6 heteroatoms. The van der Waals surface area contributed by atoms with Crippen molar-refractivity contribution in [3.8, 4) is 0 Å². The molecule has 2 heterocycles. The summed E-state index contributed by atoms with van der Waals surface area (Å²) < 4.78 is 0.997. The minimum Gasteiger partial charge on any atom is -0.349 e. The van der Waals surface area contributed by atoms with Crippen molar-refractivity contribution in [1.82, 2.24) is 10.6 Å². The molecule has 0 aromatic carbocycles. The van der Waals surface area contributed by atoms with E-state index in [-0.39, 0.29) is 11.9 Å². The number of hydrogen-bond donors (Lipinski definition) is 2. The van der Waals surface area contributed by atoms with Crippen LogP contribution in [0.3, 0.4) is 0 Å². The first-order chi connectivity index (χ1) is 7.66. The molecule has 16 heavy (non-hydrogen) atoms. The van der Waals surface area contributed by atoms with Crippen molar-refractivity contribution < 1.29 is 4.79 Å². The summed E-state index contributed by atoms with van der Waals surface area (Å²) in [5.74, 6) is -0.125. The molecule has 1 amide bonds. The van der Waals surface area contributed by atoms with Crippen molar-refractivity contribution in [2.75, 3.05) is 13.1 Å². The number of nitrogens with one attached hydrogen (secondary N) is 2. The van der Waals surface area contributed by atoms with Gasteiger partial charge in [0, 0.05) is 6.04 Å². The predicted octanol–water partition coefficient (Wildman–Crippen LogP) is 2.54. The number of rotatable bonds is 2. The fourth-order valence-corrected chi connectivity index (χ4v) is 3.18. The van der Waals surface area contributed by atoms with Crippen molar-refractivity contribution in [2.45, 2.75) is 18.9 Å². The van der Waals surface area contributed by atoms with Gasteiger partial charge in [0.1, 0.15) is 4.34 Å². The Balaban J connectivity index is 1.99. The van der Waals surface area contributed by atoms with Crippen molar-refractivity contribution in [3.05, 3.63) is 20.3 Å². The molecule has 0 atom stereocenters. The lowest BCUT2D eigenvalue weighted by molar-refractivity contribution is 0.0930. The van der Waals surface area contributed by atoms with Crippen LogP contribution in [0.2, 0.25) is 8.67 Å². The first-order valence-corrected chi connectivity index (χ1v) is 6.70. The normalized spacial score (nSPS) is 17.4. The highest BCUT2D eigenvalue weighted by Crippen LogP contribution is 2.31. The van der Waals surface area contributed by atoms with Gasteiger partial charge in [-0.15, -0.1) is 11.3 Å². The summed E-state index contributed by atoms with van der Waals surface area (Å²) in [6.07, 6.45) is 1.92. The summed E-state index contributed by atoms with van der Waals surface area (Å²) in [5.41, 5.74) is 0.482. The van der Waals surface area contributed by atoms with Gasteiger partial charge in [0.05, 0.1) is 9.90 Å². The highest BCUT2D eigenvalue weighted by Gasteiger charge is 2.19. The highest BCUT2D eigenvalue weighted by atomic mass is 35.5. The molecule has 1 fully saturated rings. The molecule has 0 aliphatic carbocycles. The topological polar surface area (TPSA) is 41.1 Å². The maximum Gasteiger partial charge on any atom is 0.253 e. The number of carbonyl (C=O) groups excluding carboxylic acids is 1. The van der Waals surface area contributed by atoms with E-state index >= 15 is 0 Å². The molecule has 1 aromatic rings. The summed E-state index contributed by atoms with van der Waals surface area (Å²) in [6.45, 7) is 1.89. The molecule has 88 valence electrons. The maximum atomic E-state index is 11.9. The Morgan fingerprint density at radius 3 is 2.69 bits per heavy atom. The van der Waals surface area contributed by atoms with Gasteiger partial charge < -0.3 is 10.6 Å². The predicted molar refractivity (Wildman–Crippen MR) is 67.7 cm³/mol. The molecule has 0 radical (unpaired) electrons. The summed E-state index contributed by atoms with van der Waals surface area (Å²) in [4.78, 5) is 11.9. The van der Waals surface area contributed by atoms with Crippen molar-refractivity contribution in [3.63, 3.8) is 0 Å². The number of carbonyl (C=O) groups is 1. The van der Waals surface area contributed by atoms with E-state index in [4.69, 9.17) is 23.2 Å². The second-order valence-electron chi connectivity index (χ2n) is 3.74. The molecule has 0 saturated carbocycles. The van der Waals surface area contributed by atoms with Crippen LogP contribution in [0.1, 0.15) is 23.2 Å². The van der Waals surface area contributed by atoms with E-state index in [0.717, 1.165) is 25.9 Å². The molecule has 1 aliphatic rings. The lowest BCUT2D eigenvalue weighted by atomic mass is 10.1. The van der Waals surface area contributed by atoms with Crippen LogP contribution < -0.4 is 10.6 Å². The van der Waals surface area contributed by atoms with Gasteiger partial charge in [-0.05, 0) is 32.0 Å². The Morgan fingerprint density at radius 2 is 2.12 bits per heavy atom.